The van der Waals surface area contributed by atoms with E-state index in [0.717, 1.165) is 25.9 Å². The van der Waals surface area contributed by atoms with Crippen LogP contribution < -0.4 is 10.6 Å². The van der Waals surface area contributed by atoms with Crippen LogP contribution >= 0.6 is 24.8 Å². The number of hydrogen-bond acceptors (Lipinski definition) is 4. The maximum atomic E-state index is 12.5. The molecular weight excluding hydrogens is 337 g/mol. The van der Waals surface area contributed by atoms with Gasteiger partial charge in [0.1, 0.15) is 12.1 Å². The number of pyridine rings is 1. The molecule has 6 nitrogen and oxygen atoms in total. The van der Waals surface area contributed by atoms with Gasteiger partial charge in [-0.1, -0.05) is 0 Å². The Bertz CT molecular complexity index is 627. The second-order valence-corrected chi connectivity index (χ2v) is 5.64. The van der Waals surface area contributed by atoms with Crippen LogP contribution in [0.25, 0.3) is 5.82 Å². The predicted molar refractivity (Wildman–Crippen MR) is 93.8 cm³/mol. The Hall–Kier alpha value is -1.63. The zero-order valence-electron chi connectivity index (χ0n) is 12.9. The molecule has 0 aliphatic carbocycles. The molecule has 0 bridgehead atoms. The fourth-order valence-corrected chi connectivity index (χ4v) is 2.55. The van der Waals surface area contributed by atoms with Crippen LogP contribution in [0.15, 0.2) is 37.1 Å². The number of nitrogens with zero attached hydrogens (tertiary/aromatic N) is 3. The van der Waals surface area contributed by atoms with Crippen molar-refractivity contribution < 1.29 is 4.79 Å². The Morgan fingerprint density at radius 3 is 2.70 bits per heavy atom. The number of carbonyl (C=O) groups excluding carboxylic acids is 1. The largest absolute Gasteiger partial charge is 0.347 e. The average Bonchev–Trinajstić information content (AvgIpc) is 3.02. The van der Waals surface area contributed by atoms with Crippen LogP contribution in [-0.2, 0) is 0 Å². The standard InChI is InChI=1S/C15H19N5O.2ClH/c1-15(3-6-16-7-4-15)19-14(21)12-2-5-18-13(10-12)20-9-8-17-11-20;;/h2,5,8-11,16H,3-4,6-7H2,1H3,(H,19,21);2*1H. The fraction of sp³-hybridized carbons (Fsp3) is 0.400. The highest BCUT2D eigenvalue weighted by atomic mass is 35.5. The van der Waals surface area contributed by atoms with Crippen molar-refractivity contribution in [2.45, 2.75) is 25.3 Å². The molecule has 0 unspecified atom stereocenters. The van der Waals surface area contributed by atoms with Crippen molar-refractivity contribution >= 4 is 30.7 Å². The van der Waals surface area contributed by atoms with E-state index in [4.69, 9.17) is 0 Å². The quantitative estimate of drug-likeness (QED) is 0.880. The van der Waals surface area contributed by atoms with Gasteiger partial charge in [0, 0.05) is 29.7 Å². The van der Waals surface area contributed by atoms with Crippen molar-refractivity contribution in [2.75, 3.05) is 13.1 Å². The highest BCUT2D eigenvalue weighted by molar-refractivity contribution is 5.95. The minimum atomic E-state index is -0.138. The van der Waals surface area contributed by atoms with Gasteiger partial charge in [0.25, 0.3) is 5.91 Å². The summed E-state index contributed by atoms with van der Waals surface area (Å²) in [4.78, 5) is 20.7. The van der Waals surface area contributed by atoms with Crippen molar-refractivity contribution in [2.24, 2.45) is 0 Å². The fourth-order valence-electron chi connectivity index (χ4n) is 2.55. The van der Waals surface area contributed by atoms with Gasteiger partial charge in [-0.05, 0) is 45.0 Å². The third-order valence-corrected chi connectivity index (χ3v) is 3.90. The lowest BCUT2D eigenvalue weighted by molar-refractivity contribution is 0.0887. The Morgan fingerprint density at radius 1 is 1.30 bits per heavy atom. The van der Waals surface area contributed by atoms with Crippen molar-refractivity contribution in [3.05, 3.63) is 42.6 Å². The van der Waals surface area contributed by atoms with Gasteiger partial charge in [-0.15, -0.1) is 24.8 Å². The first kappa shape index (κ1) is 19.4. The van der Waals surface area contributed by atoms with Crippen molar-refractivity contribution in [3.63, 3.8) is 0 Å². The van der Waals surface area contributed by atoms with E-state index in [-0.39, 0.29) is 36.3 Å². The number of amides is 1. The first-order valence-corrected chi connectivity index (χ1v) is 7.14. The van der Waals surface area contributed by atoms with E-state index in [1.807, 2.05) is 0 Å². The van der Waals surface area contributed by atoms with E-state index in [1.54, 1.807) is 41.6 Å². The normalized spacial score (nSPS) is 15.9. The lowest BCUT2D eigenvalue weighted by Gasteiger charge is -2.35. The molecule has 1 fully saturated rings. The molecule has 1 aliphatic heterocycles. The lowest BCUT2D eigenvalue weighted by Crippen LogP contribution is -2.52. The molecule has 0 radical (unpaired) electrons. The van der Waals surface area contributed by atoms with Crippen LogP contribution in [0, 0.1) is 0 Å². The summed E-state index contributed by atoms with van der Waals surface area (Å²) in [5.41, 5.74) is 0.481. The first-order chi connectivity index (χ1) is 10.2. The molecule has 0 atom stereocenters. The summed E-state index contributed by atoms with van der Waals surface area (Å²) in [6.45, 7) is 3.98. The van der Waals surface area contributed by atoms with E-state index in [2.05, 4.69) is 27.5 Å². The number of aromatic nitrogens is 3. The number of halogens is 2. The van der Waals surface area contributed by atoms with Crippen LogP contribution in [0.4, 0.5) is 0 Å². The van der Waals surface area contributed by atoms with E-state index in [9.17, 15) is 4.79 Å². The molecule has 2 aromatic heterocycles. The van der Waals surface area contributed by atoms with Gasteiger partial charge in [0.15, 0.2) is 0 Å². The molecule has 0 saturated carbocycles. The molecule has 2 N–H and O–H groups in total. The Kier molecular flexibility index (Phi) is 7.00. The number of hydrogen-bond donors (Lipinski definition) is 2. The van der Waals surface area contributed by atoms with Gasteiger partial charge in [-0.2, -0.15) is 0 Å². The first-order valence-electron chi connectivity index (χ1n) is 7.14. The van der Waals surface area contributed by atoms with Gasteiger partial charge >= 0.3 is 0 Å². The van der Waals surface area contributed by atoms with Gasteiger partial charge < -0.3 is 10.6 Å². The average molecular weight is 358 g/mol. The van der Waals surface area contributed by atoms with Gasteiger partial charge in [0.05, 0.1) is 0 Å². The van der Waals surface area contributed by atoms with Crippen molar-refractivity contribution in [1.29, 1.82) is 0 Å². The number of rotatable bonds is 3. The van der Waals surface area contributed by atoms with Gasteiger partial charge in [-0.25, -0.2) is 9.97 Å². The third-order valence-electron chi connectivity index (χ3n) is 3.90. The zero-order valence-corrected chi connectivity index (χ0v) is 14.5. The summed E-state index contributed by atoms with van der Waals surface area (Å²) in [5.74, 6) is 0.638. The molecule has 1 aliphatic rings. The molecule has 23 heavy (non-hydrogen) atoms. The molecule has 126 valence electrons. The summed E-state index contributed by atoms with van der Waals surface area (Å²) in [6.07, 6.45) is 8.69. The topological polar surface area (TPSA) is 71.8 Å². The molecule has 0 spiro atoms. The zero-order chi connectivity index (χ0) is 14.7. The highest BCUT2D eigenvalue weighted by Gasteiger charge is 2.28. The van der Waals surface area contributed by atoms with Crippen LogP contribution in [0.1, 0.15) is 30.1 Å². The van der Waals surface area contributed by atoms with E-state index >= 15 is 0 Å². The maximum Gasteiger partial charge on any atom is 0.251 e. The van der Waals surface area contributed by atoms with Gasteiger partial charge in [-0.3, -0.25) is 9.36 Å². The summed E-state index contributed by atoms with van der Waals surface area (Å²) in [5, 5.41) is 6.46. The molecule has 3 rings (SSSR count). The molecule has 3 heterocycles. The lowest BCUT2D eigenvalue weighted by atomic mass is 9.90. The monoisotopic (exact) mass is 357 g/mol. The molecule has 1 saturated heterocycles. The number of nitrogens with one attached hydrogen (secondary N) is 2. The Morgan fingerprint density at radius 2 is 2.04 bits per heavy atom. The summed E-state index contributed by atoms with van der Waals surface area (Å²) < 4.78 is 1.78. The molecule has 1 amide bonds. The smallest absolute Gasteiger partial charge is 0.251 e. The van der Waals surface area contributed by atoms with Crippen LogP contribution in [0.5, 0.6) is 0 Å². The molecule has 0 aromatic carbocycles. The highest BCUT2D eigenvalue weighted by Crippen LogP contribution is 2.18. The van der Waals surface area contributed by atoms with Crippen molar-refractivity contribution in [1.82, 2.24) is 25.2 Å². The minimum Gasteiger partial charge on any atom is -0.347 e. The van der Waals surface area contributed by atoms with Crippen LogP contribution in [0.3, 0.4) is 0 Å². The molecule has 8 heteroatoms. The molecule has 2 aromatic rings. The Labute approximate surface area is 147 Å². The van der Waals surface area contributed by atoms with E-state index in [1.165, 1.54) is 0 Å². The number of imidazole rings is 1. The number of carbonyl (C=O) groups is 1. The van der Waals surface area contributed by atoms with Crippen molar-refractivity contribution in [3.8, 4) is 5.82 Å². The Balaban J connectivity index is 0.00000132. The second-order valence-electron chi connectivity index (χ2n) is 5.64. The minimum absolute atomic E-state index is 0. The second kappa shape index (κ2) is 8.29. The van der Waals surface area contributed by atoms with E-state index < -0.39 is 0 Å². The summed E-state index contributed by atoms with van der Waals surface area (Å²) in [6, 6.07) is 3.52. The molecular formula is C15H21Cl2N5O. The maximum absolute atomic E-state index is 12.5. The van der Waals surface area contributed by atoms with Crippen LogP contribution in [0.2, 0.25) is 0 Å². The van der Waals surface area contributed by atoms with Gasteiger partial charge in [0.2, 0.25) is 0 Å². The van der Waals surface area contributed by atoms with E-state index in [0.29, 0.717) is 11.4 Å². The summed E-state index contributed by atoms with van der Waals surface area (Å²) >= 11 is 0. The predicted octanol–water partition coefficient (Wildman–Crippen LogP) is 1.98. The van der Waals surface area contributed by atoms with Crippen LogP contribution in [-0.4, -0.2) is 39.1 Å². The number of piperidine rings is 1. The SMILES string of the molecule is CC1(NC(=O)c2ccnc(-n3ccnc3)c2)CCNCC1.Cl.Cl. The summed E-state index contributed by atoms with van der Waals surface area (Å²) in [7, 11) is 0. The third kappa shape index (κ3) is 4.67.